The third kappa shape index (κ3) is 2.86. The van der Waals surface area contributed by atoms with Crippen LogP contribution in [0.2, 0.25) is 0 Å². The second-order valence-electron chi connectivity index (χ2n) is 4.02. The quantitative estimate of drug-likeness (QED) is 0.754. The minimum Gasteiger partial charge on any atom is -0.398 e. The van der Waals surface area contributed by atoms with Gasteiger partial charge in [0.25, 0.3) is 0 Å². The average Bonchev–Trinajstić information content (AvgIpc) is 2.33. The van der Waals surface area contributed by atoms with Crippen LogP contribution in [0.15, 0.2) is 41.3 Å². The van der Waals surface area contributed by atoms with Gasteiger partial charge in [0.15, 0.2) is 11.6 Å². The molecule has 0 saturated heterocycles. The number of halogens is 2. The molecule has 2 rings (SSSR count). The Bertz CT molecular complexity index is 763. The first kappa shape index (κ1) is 14.2. The number of rotatable bonds is 3. The topological polar surface area (TPSA) is 98.2 Å². The van der Waals surface area contributed by atoms with E-state index < -0.39 is 21.7 Å². The maximum atomic E-state index is 13.5. The summed E-state index contributed by atoms with van der Waals surface area (Å²) in [5.41, 5.74) is 5.69. The standard InChI is InChI=1S/C12H11F2N3O2S/c13-8-2-1-3-10(12(8)14)17-7-4-5-11(9(15)6-7)20(16,18)19/h1-6,17H,15H2,(H2,16,18,19). The number of nitrogens with one attached hydrogen (secondary N) is 1. The molecule has 0 spiro atoms. The first-order valence-corrected chi connectivity index (χ1v) is 6.97. The maximum absolute atomic E-state index is 13.5. The van der Waals surface area contributed by atoms with Gasteiger partial charge >= 0.3 is 0 Å². The van der Waals surface area contributed by atoms with Gasteiger partial charge in [0, 0.05) is 5.69 Å². The van der Waals surface area contributed by atoms with Crippen molar-refractivity contribution < 1.29 is 17.2 Å². The SMILES string of the molecule is Nc1cc(Nc2cccc(F)c2F)ccc1S(N)(=O)=O. The molecular formula is C12H11F2N3O2S. The molecule has 0 unspecified atom stereocenters. The fourth-order valence-electron chi connectivity index (χ4n) is 1.64. The molecule has 0 atom stereocenters. The van der Waals surface area contributed by atoms with E-state index in [1.54, 1.807) is 0 Å². The van der Waals surface area contributed by atoms with Crippen molar-refractivity contribution in [2.45, 2.75) is 4.90 Å². The van der Waals surface area contributed by atoms with E-state index >= 15 is 0 Å². The Labute approximate surface area is 114 Å². The molecule has 0 aliphatic rings. The number of anilines is 3. The van der Waals surface area contributed by atoms with Crippen LogP contribution in [0, 0.1) is 11.6 Å². The Morgan fingerprint density at radius 2 is 1.80 bits per heavy atom. The molecule has 5 N–H and O–H groups in total. The molecule has 0 amide bonds. The summed E-state index contributed by atoms with van der Waals surface area (Å²) >= 11 is 0. The molecular weight excluding hydrogens is 288 g/mol. The predicted molar refractivity (Wildman–Crippen MR) is 71.9 cm³/mol. The number of nitrogens with two attached hydrogens (primary N) is 2. The highest BCUT2D eigenvalue weighted by atomic mass is 32.2. The summed E-state index contributed by atoms with van der Waals surface area (Å²) in [5, 5.41) is 7.57. The van der Waals surface area contributed by atoms with Crippen molar-refractivity contribution in [3.05, 3.63) is 48.0 Å². The van der Waals surface area contributed by atoms with E-state index in [4.69, 9.17) is 10.9 Å². The fraction of sp³-hybridized carbons (Fsp3) is 0. The summed E-state index contributed by atoms with van der Waals surface area (Å²) < 4.78 is 48.9. The third-order valence-corrected chi connectivity index (χ3v) is 3.53. The zero-order valence-corrected chi connectivity index (χ0v) is 10.9. The highest BCUT2D eigenvalue weighted by Crippen LogP contribution is 2.26. The van der Waals surface area contributed by atoms with Crippen molar-refractivity contribution in [3.8, 4) is 0 Å². The van der Waals surface area contributed by atoms with Gasteiger partial charge in [-0.15, -0.1) is 0 Å². The van der Waals surface area contributed by atoms with Gasteiger partial charge in [0.2, 0.25) is 10.0 Å². The van der Waals surface area contributed by atoms with Gasteiger partial charge in [-0.1, -0.05) is 6.07 Å². The highest BCUT2D eigenvalue weighted by molar-refractivity contribution is 7.89. The largest absolute Gasteiger partial charge is 0.398 e. The van der Waals surface area contributed by atoms with Gasteiger partial charge in [0.1, 0.15) is 4.90 Å². The first-order valence-electron chi connectivity index (χ1n) is 5.42. The zero-order chi connectivity index (χ0) is 14.9. The molecule has 5 nitrogen and oxygen atoms in total. The van der Waals surface area contributed by atoms with Crippen LogP contribution < -0.4 is 16.2 Å². The van der Waals surface area contributed by atoms with E-state index in [2.05, 4.69) is 5.32 Å². The minimum absolute atomic E-state index is 0.0886. The lowest BCUT2D eigenvalue weighted by molar-refractivity contribution is 0.512. The number of nitrogen functional groups attached to an aromatic ring is 1. The van der Waals surface area contributed by atoms with Gasteiger partial charge < -0.3 is 11.1 Å². The number of hydrogen-bond donors (Lipinski definition) is 3. The number of primary sulfonamides is 1. The molecule has 8 heteroatoms. The number of hydrogen-bond acceptors (Lipinski definition) is 4. The summed E-state index contributed by atoms with van der Waals surface area (Å²) in [6.45, 7) is 0. The normalized spacial score (nSPS) is 11.3. The summed E-state index contributed by atoms with van der Waals surface area (Å²) in [6, 6.07) is 7.46. The van der Waals surface area contributed by atoms with Crippen LogP contribution in [0.25, 0.3) is 0 Å². The van der Waals surface area contributed by atoms with Crippen LogP contribution >= 0.6 is 0 Å². The summed E-state index contributed by atoms with van der Waals surface area (Å²) in [4.78, 5) is -0.234. The van der Waals surface area contributed by atoms with Gasteiger partial charge in [0.05, 0.1) is 11.4 Å². The maximum Gasteiger partial charge on any atom is 0.240 e. The third-order valence-electron chi connectivity index (χ3n) is 2.55. The second-order valence-corrected chi connectivity index (χ2v) is 5.55. The molecule has 2 aromatic carbocycles. The van der Waals surface area contributed by atoms with Crippen LogP contribution in [0.5, 0.6) is 0 Å². The Balaban J connectivity index is 2.36. The zero-order valence-electron chi connectivity index (χ0n) is 10.1. The van der Waals surface area contributed by atoms with Crippen molar-refractivity contribution >= 4 is 27.1 Å². The molecule has 0 aliphatic heterocycles. The van der Waals surface area contributed by atoms with E-state index in [-0.39, 0.29) is 16.3 Å². The molecule has 0 fully saturated rings. The van der Waals surface area contributed by atoms with Crippen molar-refractivity contribution in [1.82, 2.24) is 0 Å². The molecule has 0 bridgehead atoms. The Morgan fingerprint density at radius 1 is 1.10 bits per heavy atom. The summed E-state index contributed by atoms with van der Waals surface area (Å²) in [7, 11) is -3.92. The minimum atomic E-state index is -3.92. The Morgan fingerprint density at radius 3 is 2.40 bits per heavy atom. The van der Waals surface area contributed by atoms with Crippen molar-refractivity contribution in [2.24, 2.45) is 5.14 Å². The Kier molecular flexibility index (Phi) is 3.60. The average molecular weight is 299 g/mol. The smallest absolute Gasteiger partial charge is 0.240 e. The fourth-order valence-corrected chi connectivity index (χ4v) is 2.29. The monoisotopic (exact) mass is 299 g/mol. The molecule has 2 aromatic rings. The highest BCUT2D eigenvalue weighted by Gasteiger charge is 2.13. The van der Waals surface area contributed by atoms with Gasteiger partial charge in [-0.25, -0.2) is 22.3 Å². The van der Waals surface area contributed by atoms with E-state index in [0.29, 0.717) is 5.69 Å². The van der Waals surface area contributed by atoms with Crippen molar-refractivity contribution in [2.75, 3.05) is 11.1 Å². The van der Waals surface area contributed by atoms with Crippen LogP contribution in [0.3, 0.4) is 0 Å². The Hall–Kier alpha value is -2.19. The molecule has 106 valence electrons. The number of sulfonamides is 1. The molecule has 20 heavy (non-hydrogen) atoms. The van der Waals surface area contributed by atoms with Crippen LogP contribution in [0.1, 0.15) is 0 Å². The second kappa shape index (κ2) is 5.06. The van der Waals surface area contributed by atoms with E-state index in [1.165, 1.54) is 30.3 Å². The first-order chi connectivity index (χ1) is 9.29. The van der Waals surface area contributed by atoms with E-state index in [0.717, 1.165) is 6.07 Å². The molecule has 0 radical (unpaired) electrons. The van der Waals surface area contributed by atoms with Crippen LogP contribution in [0.4, 0.5) is 25.8 Å². The van der Waals surface area contributed by atoms with Crippen LogP contribution in [-0.2, 0) is 10.0 Å². The van der Waals surface area contributed by atoms with Gasteiger partial charge in [-0.05, 0) is 30.3 Å². The summed E-state index contributed by atoms with van der Waals surface area (Å²) in [5.74, 6) is -2.04. The van der Waals surface area contributed by atoms with Gasteiger partial charge in [-0.3, -0.25) is 0 Å². The van der Waals surface area contributed by atoms with Crippen molar-refractivity contribution in [1.29, 1.82) is 0 Å². The van der Waals surface area contributed by atoms with E-state index in [1.807, 2.05) is 0 Å². The van der Waals surface area contributed by atoms with Gasteiger partial charge in [-0.2, -0.15) is 0 Å². The molecule has 0 aliphatic carbocycles. The lowest BCUT2D eigenvalue weighted by Crippen LogP contribution is -2.14. The number of benzene rings is 2. The summed E-state index contributed by atoms with van der Waals surface area (Å²) in [6.07, 6.45) is 0. The lowest BCUT2D eigenvalue weighted by atomic mass is 10.2. The van der Waals surface area contributed by atoms with E-state index in [9.17, 15) is 17.2 Å². The predicted octanol–water partition coefficient (Wildman–Crippen LogP) is 1.94. The van der Waals surface area contributed by atoms with Crippen molar-refractivity contribution in [3.63, 3.8) is 0 Å². The lowest BCUT2D eigenvalue weighted by Gasteiger charge is -2.10. The molecule has 0 saturated carbocycles. The molecule has 0 aromatic heterocycles. The van der Waals surface area contributed by atoms with Crippen LogP contribution in [-0.4, -0.2) is 8.42 Å². The molecule has 0 heterocycles.